The molecule has 1 aromatic rings. The molecule has 0 unspecified atom stereocenters. The summed E-state index contributed by atoms with van der Waals surface area (Å²) in [7, 11) is 0. The fraction of sp³-hybridized carbons (Fsp3) is 0.591. The first-order valence-electron chi connectivity index (χ1n) is 10.6. The van der Waals surface area contributed by atoms with Crippen LogP contribution in [0.4, 0.5) is 0 Å². The van der Waals surface area contributed by atoms with Crippen LogP contribution in [-0.4, -0.2) is 37.4 Å². The molecule has 158 valence electrons. The van der Waals surface area contributed by atoms with Gasteiger partial charge >= 0.3 is 11.8 Å². The van der Waals surface area contributed by atoms with Crippen molar-refractivity contribution in [3.63, 3.8) is 0 Å². The van der Waals surface area contributed by atoms with Crippen LogP contribution in [0.25, 0.3) is 0 Å². The van der Waals surface area contributed by atoms with Gasteiger partial charge in [-0.3, -0.25) is 14.4 Å². The molecule has 2 aliphatic carbocycles. The summed E-state index contributed by atoms with van der Waals surface area (Å²) in [5, 5.41) is 10.1. The SMILES string of the molecule is O=C(CNC(=O)C(=O)NCCC1=CCCCC1)NCC1(c2cccs2)CCCC1. The van der Waals surface area contributed by atoms with E-state index in [4.69, 9.17) is 0 Å². The molecule has 1 aromatic heterocycles. The molecule has 0 aromatic carbocycles. The van der Waals surface area contributed by atoms with E-state index in [1.54, 1.807) is 11.3 Å². The number of hydrogen-bond acceptors (Lipinski definition) is 4. The Balaban J connectivity index is 1.35. The number of thiophene rings is 1. The van der Waals surface area contributed by atoms with E-state index in [1.165, 1.54) is 36.1 Å². The van der Waals surface area contributed by atoms with Crippen LogP contribution in [0.5, 0.6) is 0 Å². The molecule has 0 radical (unpaired) electrons. The van der Waals surface area contributed by atoms with Crippen molar-refractivity contribution < 1.29 is 14.4 Å². The summed E-state index contributed by atoms with van der Waals surface area (Å²) >= 11 is 1.73. The lowest BCUT2D eigenvalue weighted by molar-refractivity contribution is -0.139. The molecule has 0 atom stereocenters. The maximum Gasteiger partial charge on any atom is 0.309 e. The van der Waals surface area contributed by atoms with Crippen LogP contribution >= 0.6 is 11.3 Å². The van der Waals surface area contributed by atoms with E-state index in [0.29, 0.717) is 13.1 Å². The third-order valence-corrected chi connectivity index (χ3v) is 7.08. The van der Waals surface area contributed by atoms with Gasteiger partial charge < -0.3 is 16.0 Å². The van der Waals surface area contributed by atoms with Gasteiger partial charge in [-0.2, -0.15) is 0 Å². The summed E-state index contributed by atoms with van der Waals surface area (Å²) in [6, 6.07) is 4.18. The van der Waals surface area contributed by atoms with Crippen LogP contribution in [0.2, 0.25) is 0 Å². The van der Waals surface area contributed by atoms with Gasteiger partial charge in [-0.25, -0.2) is 0 Å². The first kappa shape index (κ1) is 21.6. The predicted molar refractivity (Wildman–Crippen MR) is 115 cm³/mol. The third kappa shape index (κ3) is 6.16. The van der Waals surface area contributed by atoms with E-state index >= 15 is 0 Å². The number of hydrogen-bond donors (Lipinski definition) is 3. The number of rotatable bonds is 8. The molecule has 1 fully saturated rings. The molecular formula is C22H31N3O3S. The minimum Gasteiger partial charge on any atom is -0.354 e. The standard InChI is InChI=1S/C22H31N3O3S/c26-19(25-16-22(11-4-5-12-22)18-9-6-14-29-18)15-24-21(28)20(27)23-13-10-17-7-2-1-3-8-17/h6-7,9,14H,1-5,8,10-13,15-16H2,(H,23,27)(H,24,28)(H,25,26). The minimum atomic E-state index is -0.758. The topological polar surface area (TPSA) is 87.3 Å². The molecule has 0 bridgehead atoms. The van der Waals surface area contributed by atoms with Gasteiger partial charge in [0.15, 0.2) is 0 Å². The highest BCUT2D eigenvalue weighted by Gasteiger charge is 2.36. The lowest BCUT2D eigenvalue weighted by atomic mass is 9.84. The fourth-order valence-corrected chi connectivity index (χ4v) is 5.25. The maximum absolute atomic E-state index is 12.2. The van der Waals surface area contributed by atoms with Gasteiger partial charge in [-0.15, -0.1) is 11.3 Å². The molecule has 2 aliphatic rings. The summed E-state index contributed by atoms with van der Waals surface area (Å²) in [6.45, 7) is 0.842. The van der Waals surface area contributed by atoms with Gasteiger partial charge in [0.05, 0.1) is 6.54 Å². The Morgan fingerprint density at radius 2 is 1.79 bits per heavy atom. The molecule has 6 nitrogen and oxygen atoms in total. The molecule has 3 rings (SSSR count). The van der Waals surface area contributed by atoms with E-state index in [1.807, 2.05) is 6.07 Å². The van der Waals surface area contributed by atoms with Gasteiger partial charge in [0.1, 0.15) is 0 Å². The highest BCUT2D eigenvalue weighted by molar-refractivity contribution is 7.10. The second-order valence-electron chi connectivity index (χ2n) is 8.04. The normalized spacial score (nSPS) is 18.0. The van der Waals surface area contributed by atoms with Crippen molar-refractivity contribution in [2.45, 2.75) is 63.2 Å². The van der Waals surface area contributed by atoms with Crippen molar-refractivity contribution in [1.29, 1.82) is 0 Å². The Labute approximate surface area is 176 Å². The molecular weight excluding hydrogens is 386 g/mol. The van der Waals surface area contributed by atoms with Crippen molar-refractivity contribution in [3.8, 4) is 0 Å². The van der Waals surface area contributed by atoms with Gasteiger partial charge in [-0.05, 0) is 56.4 Å². The monoisotopic (exact) mass is 417 g/mol. The smallest absolute Gasteiger partial charge is 0.309 e. The van der Waals surface area contributed by atoms with Crippen LogP contribution in [-0.2, 0) is 19.8 Å². The number of carbonyl (C=O) groups is 3. The average molecular weight is 418 g/mol. The Bertz CT molecular complexity index is 736. The maximum atomic E-state index is 12.2. The van der Waals surface area contributed by atoms with E-state index in [9.17, 15) is 14.4 Å². The van der Waals surface area contributed by atoms with Crippen LogP contribution < -0.4 is 16.0 Å². The predicted octanol–water partition coefficient (Wildman–Crippen LogP) is 2.80. The number of allylic oxidation sites excluding steroid dienone is 1. The molecule has 0 saturated heterocycles. The minimum absolute atomic E-state index is 0.0129. The second kappa shape index (κ2) is 10.6. The summed E-state index contributed by atoms with van der Waals surface area (Å²) in [5.41, 5.74) is 1.36. The molecule has 0 aliphatic heterocycles. The Hall–Kier alpha value is -2.15. The van der Waals surface area contributed by atoms with Crippen molar-refractivity contribution in [1.82, 2.24) is 16.0 Å². The molecule has 1 heterocycles. The van der Waals surface area contributed by atoms with Gasteiger partial charge in [0.2, 0.25) is 5.91 Å². The second-order valence-corrected chi connectivity index (χ2v) is 8.99. The van der Waals surface area contributed by atoms with E-state index in [2.05, 4.69) is 33.5 Å². The van der Waals surface area contributed by atoms with Crippen molar-refractivity contribution in [2.75, 3.05) is 19.6 Å². The largest absolute Gasteiger partial charge is 0.354 e. The van der Waals surface area contributed by atoms with Gasteiger partial charge in [0, 0.05) is 23.4 Å². The van der Waals surface area contributed by atoms with Crippen LogP contribution in [0, 0.1) is 0 Å². The molecule has 29 heavy (non-hydrogen) atoms. The molecule has 1 saturated carbocycles. The first-order valence-corrected chi connectivity index (χ1v) is 11.5. The number of carbonyl (C=O) groups excluding carboxylic acids is 3. The van der Waals surface area contributed by atoms with Crippen LogP contribution in [0.15, 0.2) is 29.2 Å². The van der Waals surface area contributed by atoms with Crippen molar-refractivity contribution >= 4 is 29.1 Å². The van der Waals surface area contributed by atoms with E-state index < -0.39 is 11.8 Å². The van der Waals surface area contributed by atoms with Crippen LogP contribution in [0.3, 0.4) is 0 Å². The lowest BCUT2D eigenvalue weighted by Gasteiger charge is -2.28. The average Bonchev–Trinajstić information content (AvgIpc) is 3.44. The van der Waals surface area contributed by atoms with Gasteiger partial charge in [0.25, 0.3) is 0 Å². The zero-order chi connectivity index (χ0) is 20.5. The molecule has 3 N–H and O–H groups in total. The number of amides is 3. The summed E-state index contributed by atoms with van der Waals surface area (Å²) in [5.74, 6) is -1.70. The molecule has 3 amide bonds. The Morgan fingerprint density at radius 3 is 2.48 bits per heavy atom. The van der Waals surface area contributed by atoms with E-state index in [0.717, 1.165) is 32.1 Å². The van der Waals surface area contributed by atoms with Crippen molar-refractivity contribution in [3.05, 3.63) is 34.0 Å². The zero-order valence-electron chi connectivity index (χ0n) is 16.9. The number of nitrogens with one attached hydrogen (secondary N) is 3. The Morgan fingerprint density at radius 1 is 1.00 bits per heavy atom. The van der Waals surface area contributed by atoms with E-state index in [-0.39, 0.29) is 17.9 Å². The quantitative estimate of drug-likeness (QED) is 0.449. The Kier molecular flexibility index (Phi) is 7.86. The fourth-order valence-electron chi connectivity index (χ4n) is 4.26. The summed E-state index contributed by atoms with van der Waals surface area (Å²) in [4.78, 5) is 37.3. The summed E-state index contributed by atoms with van der Waals surface area (Å²) in [6.07, 6.45) is 12.1. The van der Waals surface area contributed by atoms with Gasteiger partial charge in [-0.1, -0.05) is 30.6 Å². The third-order valence-electron chi connectivity index (χ3n) is 5.96. The molecule has 0 spiro atoms. The van der Waals surface area contributed by atoms with Crippen LogP contribution in [0.1, 0.15) is 62.7 Å². The molecule has 7 heteroatoms. The first-order chi connectivity index (χ1) is 14.1. The highest BCUT2D eigenvalue weighted by Crippen LogP contribution is 2.42. The highest BCUT2D eigenvalue weighted by atomic mass is 32.1. The lowest BCUT2D eigenvalue weighted by Crippen LogP contribution is -2.46. The zero-order valence-corrected chi connectivity index (χ0v) is 17.7. The van der Waals surface area contributed by atoms with Crippen molar-refractivity contribution in [2.24, 2.45) is 0 Å². The summed E-state index contributed by atoms with van der Waals surface area (Å²) < 4.78 is 0.